The number of nitrogens with zero attached hydrogens (tertiary/aromatic N) is 1. The van der Waals surface area contributed by atoms with Crippen LogP contribution in [-0.2, 0) is 10.5 Å². The monoisotopic (exact) mass is 376 g/mol. The van der Waals surface area contributed by atoms with Crippen LogP contribution in [0.15, 0.2) is 41.6 Å². The molecule has 2 aromatic rings. The van der Waals surface area contributed by atoms with E-state index in [0.717, 1.165) is 17.2 Å². The maximum absolute atomic E-state index is 12.5. The van der Waals surface area contributed by atoms with Crippen LogP contribution in [0, 0.1) is 0 Å². The Morgan fingerprint density at radius 3 is 2.74 bits per heavy atom. The number of pyridine rings is 1. The molecule has 6 nitrogen and oxygen atoms in total. The average Bonchev–Trinajstić information content (AvgIpc) is 2.46. The molecule has 0 radical (unpaired) electrons. The summed E-state index contributed by atoms with van der Waals surface area (Å²) in [6.07, 6.45) is 4.10. The Balaban J connectivity index is 2.22. The largest absolute Gasteiger partial charge is 0.488 e. The van der Waals surface area contributed by atoms with Crippen LogP contribution in [0.3, 0.4) is 0 Å². The summed E-state index contributed by atoms with van der Waals surface area (Å²) in [4.78, 5) is 16.7. The summed E-state index contributed by atoms with van der Waals surface area (Å²) in [5.74, 6) is -0.887. The van der Waals surface area contributed by atoms with Gasteiger partial charge in [-0.05, 0) is 24.5 Å². The Labute approximate surface area is 141 Å². The summed E-state index contributed by atoms with van der Waals surface area (Å²) < 4.78 is 37.4. The van der Waals surface area contributed by atoms with Crippen molar-refractivity contribution in [3.8, 4) is 5.75 Å². The van der Waals surface area contributed by atoms with Crippen LogP contribution >= 0.6 is 23.4 Å². The normalized spacial score (nSPS) is 11.1. The van der Waals surface area contributed by atoms with E-state index < -0.39 is 16.4 Å². The van der Waals surface area contributed by atoms with Crippen LogP contribution in [0.2, 0.25) is 5.02 Å². The molecule has 0 aliphatic heterocycles. The first kappa shape index (κ1) is 17.5. The molecule has 0 spiro atoms. The first-order valence-electron chi connectivity index (χ1n) is 6.02. The minimum atomic E-state index is -5.17. The number of nitrogens with one attached hydrogen (secondary N) is 1. The number of carbonyl (C=O) groups excluding carboxylic acids is 1. The van der Waals surface area contributed by atoms with Crippen LogP contribution < -0.4 is 9.50 Å². The second-order valence-electron chi connectivity index (χ2n) is 4.19. The molecule has 0 saturated carbocycles. The molecule has 23 heavy (non-hydrogen) atoms. The van der Waals surface area contributed by atoms with Crippen molar-refractivity contribution >= 4 is 45.5 Å². The lowest BCUT2D eigenvalue weighted by Gasteiger charge is -2.08. The third-order valence-corrected chi connectivity index (χ3v) is 4.03. The number of benzene rings is 1. The van der Waals surface area contributed by atoms with Crippen molar-refractivity contribution in [3.05, 3.63) is 47.2 Å². The fourth-order valence-electron chi connectivity index (χ4n) is 1.65. The maximum atomic E-state index is 12.5. The molecule has 1 heterocycles. The van der Waals surface area contributed by atoms with Gasteiger partial charge in [0.15, 0.2) is 5.75 Å². The highest BCUT2D eigenvalue weighted by Gasteiger charge is 2.14. The summed E-state index contributed by atoms with van der Waals surface area (Å²) in [5.41, 5.74) is 0.365. The van der Waals surface area contributed by atoms with Crippen molar-refractivity contribution in [3.63, 3.8) is 0 Å². The molecular formula is C13H10ClFN2O4S2. The van der Waals surface area contributed by atoms with Crippen molar-refractivity contribution in [2.75, 3.05) is 11.6 Å². The molecule has 0 aliphatic carbocycles. The number of aromatic nitrogens is 1. The molecule has 0 bridgehead atoms. The number of rotatable bonds is 5. The summed E-state index contributed by atoms with van der Waals surface area (Å²) in [6, 6.07) is 6.10. The second-order valence-corrected chi connectivity index (χ2v) is 6.43. The minimum Gasteiger partial charge on any atom is -0.357 e. The fraction of sp³-hybridized carbons (Fsp3) is 0.0769. The number of anilines is 1. The van der Waals surface area contributed by atoms with Gasteiger partial charge in [-0.3, -0.25) is 9.78 Å². The van der Waals surface area contributed by atoms with Crippen LogP contribution in [0.4, 0.5) is 9.57 Å². The van der Waals surface area contributed by atoms with E-state index in [2.05, 4.69) is 14.5 Å². The number of thioether (sulfide) groups is 1. The van der Waals surface area contributed by atoms with Gasteiger partial charge in [0.1, 0.15) is 0 Å². The van der Waals surface area contributed by atoms with Gasteiger partial charge in [0.25, 0.3) is 5.91 Å². The number of hydrogen-bond donors (Lipinski definition) is 1. The Morgan fingerprint density at radius 2 is 2.09 bits per heavy atom. The number of carbonyl (C=O) groups is 1. The zero-order valence-electron chi connectivity index (χ0n) is 11.6. The predicted molar refractivity (Wildman–Crippen MR) is 86.1 cm³/mol. The SMILES string of the molecule is CSc1ccc(Cl)c(C(=O)Nc2cncc(OS(=O)(=O)F)c2)c1. The first-order chi connectivity index (χ1) is 10.8. The third-order valence-electron chi connectivity index (χ3n) is 2.58. The van der Waals surface area contributed by atoms with Crippen molar-refractivity contribution < 1.29 is 21.3 Å². The molecule has 1 aromatic heterocycles. The van der Waals surface area contributed by atoms with Gasteiger partial charge < -0.3 is 9.50 Å². The minimum absolute atomic E-state index is 0.127. The van der Waals surface area contributed by atoms with Gasteiger partial charge in [0.05, 0.1) is 28.7 Å². The van der Waals surface area contributed by atoms with Gasteiger partial charge in [-0.2, -0.15) is 8.42 Å². The summed E-state index contributed by atoms with van der Waals surface area (Å²) in [5, 5.41) is 2.74. The molecule has 0 aliphatic rings. The van der Waals surface area contributed by atoms with Gasteiger partial charge in [0.2, 0.25) is 0 Å². The lowest BCUT2D eigenvalue weighted by atomic mass is 10.2. The van der Waals surface area contributed by atoms with Crippen molar-refractivity contribution in [2.45, 2.75) is 4.90 Å². The molecule has 10 heteroatoms. The van der Waals surface area contributed by atoms with Crippen molar-refractivity contribution in [1.82, 2.24) is 4.98 Å². The standard InChI is InChI=1S/C13H10ClFN2O4S2/c1-22-10-2-3-12(14)11(5-10)13(18)17-8-4-9(7-16-6-8)21-23(15,19)20/h2-7H,1H3,(H,17,18). The lowest BCUT2D eigenvalue weighted by Crippen LogP contribution is -2.13. The second kappa shape index (κ2) is 7.16. The van der Waals surface area contributed by atoms with E-state index in [9.17, 15) is 17.1 Å². The highest BCUT2D eigenvalue weighted by Crippen LogP contribution is 2.24. The Hall–Kier alpha value is -1.84. The summed E-state index contributed by atoms with van der Waals surface area (Å²) in [6.45, 7) is 0. The van der Waals surface area contributed by atoms with E-state index in [1.54, 1.807) is 18.2 Å². The first-order valence-corrected chi connectivity index (χ1v) is 8.93. The molecule has 1 N–H and O–H groups in total. The van der Waals surface area contributed by atoms with Crippen molar-refractivity contribution in [2.24, 2.45) is 0 Å². The van der Waals surface area contributed by atoms with E-state index in [1.807, 2.05) is 6.26 Å². The topological polar surface area (TPSA) is 85.4 Å². The zero-order chi connectivity index (χ0) is 17.0. The molecule has 122 valence electrons. The number of amides is 1. The lowest BCUT2D eigenvalue weighted by molar-refractivity contribution is 0.102. The summed E-state index contributed by atoms with van der Waals surface area (Å²) >= 11 is 7.44. The molecule has 1 amide bonds. The maximum Gasteiger partial charge on any atom is 0.488 e. The number of hydrogen-bond acceptors (Lipinski definition) is 6. The number of halogens is 2. The van der Waals surface area contributed by atoms with Crippen LogP contribution in [0.1, 0.15) is 10.4 Å². The van der Waals surface area contributed by atoms with Gasteiger partial charge in [-0.15, -0.1) is 11.8 Å². The molecule has 2 rings (SSSR count). The molecule has 0 unspecified atom stereocenters. The molecule has 0 fully saturated rings. The molecule has 0 atom stereocenters. The third kappa shape index (κ3) is 5.08. The summed E-state index contributed by atoms with van der Waals surface area (Å²) in [7, 11) is -5.17. The van der Waals surface area contributed by atoms with E-state index in [4.69, 9.17) is 11.6 Å². The van der Waals surface area contributed by atoms with Crippen LogP contribution in [0.25, 0.3) is 0 Å². The van der Waals surface area contributed by atoms with Gasteiger partial charge in [-0.1, -0.05) is 15.5 Å². The van der Waals surface area contributed by atoms with E-state index in [1.165, 1.54) is 18.0 Å². The molecule has 1 aromatic carbocycles. The Kier molecular flexibility index (Phi) is 5.45. The van der Waals surface area contributed by atoms with Gasteiger partial charge >= 0.3 is 10.5 Å². The van der Waals surface area contributed by atoms with Crippen molar-refractivity contribution in [1.29, 1.82) is 0 Å². The Morgan fingerprint density at radius 1 is 1.35 bits per heavy atom. The quantitative estimate of drug-likeness (QED) is 0.636. The van der Waals surface area contributed by atoms with Crippen LogP contribution in [0.5, 0.6) is 5.75 Å². The van der Waals surface area contributed by atoms with Gasteiger partial charge in [-0.25, -0.2) is 0 Å². The smallest absolute Gasteiger partial charge is 0.357 e. The Bertz CT molecular complexity index is 846. The van der Waals surface area contributed by atoms with Gasteiger partial charge in [0, 0.05) is 11.0 Å². The molecular weight excluding hydrogens is 367 g/mol. The van der Waals surface area contributed by atoms with Crippen LogP contribution in [-0.4, -0.2) is 25.6 Å². The van der Waals surface area contributed by atoms with E-state index >= 15 is 0 Å². The average molecular weight is 377 g/mol. The molecule has 0 saturated heterocycles. The highest BCUT2D eigenvalue weighted by atomic mass is 35.5. The zero-order valence-corrected chi connectivity index (χ0v) is 14.0. The fourth-order valence-corrected chi connectivity index (χ4v) is 2.62. The predicted octanol–water partition coefficient (Wildman–Crippen LogP) is 3.30. The van der Waals surface area contributed by atoms with E-state index in [-0.39, 0.29) is 22.0 Å². The van der Waals surface area contributed by atoms with E-state index in [0.29, 0.717) is 0 Å². The highest BCUT2D eigenvalue weighted by molar-refractivity contribution is 7.98.